The van der Waals surface area contributed by atoms with Gasteiger partial charge in [-0.05, 0) is 49.0 Å². The molecule has 186 valence electrons. The zero-order valence-electron chi connectivity index (χ0n) is 20.6. The maximum Gasteiger partial charge on any atom is 0.168 e. The highest BCUT2D eigenvalue weighted by molar-refractivity contribution is 7.60. The summed E-state index contributed by atoms with van der Waals surface area (Å²) >= 11 is 0. The van der Waals surface area contributed by atoms with Crippen LogP contribution in [0.1, 0.15) is 16.7 Å². The molecule has 1 atom stereocenters. The Kier molecular flexibility index (Phi) is 6.89. The predicted octanol–water partition coefficient (Wildman–Crippen LogP) is 6.73. The number of aromatic hydroxyl groups is 1. The molecule has 0 saturated carbocycles. The highest BCUT2D eigenvalue weighted by Gasteiger charge is 2.18. The van der Waals surface area contributed by atoms with Crippen LogP contribution >= 0.6 is 8.23 Å². The van der Waals surface area contributed by atoms with E-state index in [1.807, 2.05) is 42.5 Å². The van der Waals surface area contributed by atoms with Crippen molar-refractivity contribution in [1.29, 1.82) is 0 Å². The van der Waals surface area contributed by atoms with Crippen molar-refractivity contribution >= 4 is 36.4 Å². The fourth-order valence-electron chi connectivity index (χ4n) is 4.08. The van der Waals surface area contributed by atoms with E-state index in [0.29, 0.717) is 34.6 Å². The number of aryl methyl sites for hydroxylation is 1. The van der Waals surface area contributed by atoms with Crippen LogP contribution in [0.15, 0.2) is 91.6 Å². The summed E-state index contributed by atoms with van der Waals surface area (Å²) in [4.78, 5) is 4.64. The van der Waals surface area contributed by atoms with E-state index in [9.17, 15) is 9.30 Å². The van der Waals surface area contributed by atoms with Gasteiger partial charge < -0.3 is 15.7 Å². The van der Waals surface area contributed by atoms with E-state index < -0.39 is 8.23 Å². The second-order valence-corrected chi connectivity index (χ2v) is 10.2. The molecule has 8 heteroatoms. The third kappa shape index (κ3) is 5.32. The molecule has 6 nitrogen and oxygen atoms in total. The molecule has 5 aromatic rings. The number of rotatable bonds is 8. The normalized spacial score (nSPS) is 11.9. The maximum absolute atomic E-state index is 14.4. The van der Waals surface area contributed by atoms with Crippen molar-refractivity contribution in [2.24, 2.45) is 0 Å². The highest BCUT2D eigenvalue weighted by Crippen LogP contribution is 2.35. The first-order valence-electron chi connectivity index (χ1n) is 11.8. The van der Waals surface area contributed by atoms with E-state index in [4.69, 9.17) is 0 Å². The number of aromatic nitrogens is 3. The van der Waals surface area contributed by atoms with Crippen LogP contribution in [0.25, 0.3) is 22.6 Å². The lowest BCUT2D eigenvalue weighted by Gasteiger charge is -2.14. The van der Waals surface area contributed by atoms with E-state index in [1.54, 1.807) is 22.7 Å². The average molecular weight is 512 g/mol. The van der Waals surface area contributed by atoms with Gasteiger partial charge in [-0.1, -0.05) is 60.7 Å². The zero-order chi connectivity index (χ0) is 25.9. The Morgan fingerprint density at radius 2 is 1.84 bits per heavy atom. The molecule has 3 N–H and O–H groups in total. The van der Waals surface area contributed by atoms with Crippen molar-refractivity contribution in [1.82, 2.24) is 14.6 Å². The van der Waals surface area contributed by atoms with Crippen LogP contribution in [0.3, 0.4) is 0 Å². The molecule has 37 heavy (non-hydrogen) atoms. The molecule has 5 rings (SSSR count). The number of phenols is 1. The number of nitrogens with zero attached hydrogens (tertiary/aromatic N) is 3. The monoisotopic (exact) mass is 511 g/mol. The molecule has 2 aromatic heterocycles. The highest BCUT2D eigenvalue weighted by atomic mass is 31.2. The first kappa shape index (κ1) is 24.5. The molecule has 0 spiro atoms. The molecule has 0 bridgehead atoms. The number of phenolic OH excluding ortho intramolecular Hbond substituents is 1. The van der Waals surface area contributed by atoms with Crippen LogP contribution in [0.2, 0.25) is 0 Å². The van der Waals surface area contributed by atoms with Gasteiger partial charge in [-0.25, -0.2) is 9.18 Å². The summed E-state index contributed by atoms with van der Waals surface area (Å²) in [5.41, 5.74) is 6.55. The summed E-state index contributed by atoms with van der Waals surface area (Å²) in [6.07, 6.45) is 1.52. The summed E-state index contributed by atoms with van der Waals surface area (Å²) in [5, 5.41) is 22.0. The number of hydrogen-bond acceptors (Lipinski definition) is 5. The lowest BCUT2D eigenvalue weighted by molar-refractivity contribution is 0.477. The molecule has 0 amide bonds. The van der Waals surface area contributed by atoms with Crippen molar-refractivity contribution in [2.45, 2.75) is 13.5 Å². The Balaban J connectivity index is 1.41. The molecule has 0 saturated heterocycles. The minimum absolute atomic E-state index is 0.109. The summed E-state index contributed by atoms with van der Waals surface area (Å²) < 4.78 is 16.0. The standard InChI is InChI=1S/C29H27FN5OP/c1-19-11-13-22(14-12-19)20(2)33-23-8-6-7-21(15-23)17-31-28-16-25(24-9-4-5-10-26(24)36)34-29-27(37(3)30)18-32-35(28)29/h4-16,18,31,33,36H,2,17H2,1,3H3. The van der Waals surface area contributed by atoms with Gasteiger partial charge in [0.2, 0.25) is 0 Å². The molecular formula is C29H27FN5OP. The summed E-state index contributed by atoms with van der Waals surface area (Å²) in [6.45, 7) is 8.25. The number of nitrogens with one attached hydrogen (secondary N) is 2. The van der Waals surface area contributed by atoms with Gasteiger partial charge in [0.05, 0.1) is 17.2 Å². The quantitative estimate of drug-likeness (QED) is 0.202. The number of fused-ring (bicyclic) bond motifs is 1. The molecule has 2 heterocycles. The number of hydrogen-bond donors (Lipinski definition) is 3. The van der Waals surface area contributed by atoms with E-state index in [0.717, 1.165) is 22.5 Å². The fourth-order valence-corrected chi connectivity index (χ4v) is 4.71. The van der Waals surface area contributed by atoms with Gasteiger partial charge in [-0.15, -0.1) is 0 Å². The first-order chi connectivity index (χ1) is 17.9. The lowest BCUT2D eigenvalue weighted by Crippen LogP contribution is -2.09. The fraction of sp³-hybridized carbons (Fsp3) is 0.103. The third-order valence-electron chi connectivity index (χ3n) is 6.06. The van der Waals surface area contributed by atoms with Gasteiger partial charge in [0.1, 0.15) is 19.8 Å². The van der Waals surface area contributed by atoms with Crippen LogP contribution in [-0.4, -0.2) is 26.4 Å². The largest absolute Gasteiger partial charge is 0.507 e. The Labute approximate surface area is 216 Å². The predicted molar refractivity (Wildman–Crippen MR) is 151 cm³/mol. The smallest absolute Gasteiger partial charge is 0.168 e. The minimum Gasteiger partial charge on any atom is -0.507 e. The number of anilines is 2. The van der Waals surface area contributed by atoms with E-state index >= 15 is 0 Å². The molecule has 0 radical (unpaired) electrons. The zero-order valence-corrected chi connectivity index (χ0v) is 21.5. The van der Waals surface area contributed by atoms with E-state index in [-0.39, 0.29) is 5.75 Å². The van der Waals surface area contributed by atoms with Crippen molar-refractivity contribution in [3.8, 4) is 17.0 Å². The molecule has 3 aromatic carbocycles. The van der Waals surface area contributed by atoms with Crippen molar-refractivity contribution in [3.63, 3.8) is 0 Å². The van der Waals surface area contributed by atoms with Gasteiger partial charge in [0, 0.05) is 29.6 Å². The molecule has 1 unspecified atom stereocenters. The van der Waals surface area contributed by atoms with Crippen LogP contribution in [0.5, 0.6) is 5.75 Å². The van der Waals surface area contributed by atoms with Crippen LogP contribution in [-0.2, 0) is 6.54 Å². The van der Waals surface area contributed by atoms with Crippen molar-refractivity contribution in [3.05, 3.63) is 108 Å². The van der Waals surface area contributed by atoms with Crippen LogP contribution < -0.4 is 15.9 Å². The van der Waals surface area contributed by atoms with Gasteiger partial charge in [0.15, 0.2) is 5.65 Å². The summed E-state index contributed by atoms with van der Waals surface area (Å²) in [6, 6.07) is 25.1. The molecule has 0 fully saturated rings. The Morgan fingerprint density at radius 3 is 2.59 bits per heavy atom. The molecule has 0 aliphatic carbocycles. The van der Waals surface area contributed by atoms with Crippen LogP contribution in [0, 0.1) is 6.92 Å². The van der Waals surface area contributed by atoms with Gasteiger partial charge in [-0.2, -0.15) is 9.61 Å². The van der Waals surface area contributed by atoms with E-state index in [2.05, 4.69) is 52.4 Å². The van der Waals surface area contributed by atoms with Crippen LogP contribution in [0.4, 0.5) is 15.7 Å². The van der Waals surface area contributed by atoms with Crippen molar-refractivity contribution in [2.75, 3.05) is 17.3 Å². The maximum atomic E-state index is 14.4. The second kappa shape index (κ2) is 10.4. The number of halogens is 1. The van der Waals surface area contributed by atoms with Gasteiger partial charge in [0.25, 0.3) is 0 Å². The SMILES string of the molecule is C=C(Nc1cccc(CNc2cc(-c3ccccc3O)nc3c(P(C)F)cnn23)c1)c1ccc(C)cc1. The van der Waals surface area contributed by atoms with Crippen molar-refractivity contribution < 1.29 is 9.30 Å². The van der Waals surface area contributed by atoms with Gasteiger partial charge in [-0.3, -0.25) is 0 Å². The minimum atomic E-state index is -1.90. The Bertz CT molecular complexity index is 1580. The second-order valence-electron chi connectivity index (χ2n) is 8.81. The molecular weight excluding hydrogens is 484 g/mol. The van der Waals surface area contributed by atoms with E-state index in [1.165, 1.54) is 18.4 Å². The summed E-state index contributed by atoms with van der Waals surface area (Å²) in [5.74, 6) is 0.756. The molecule has 0 aliphatic rings. The topological polar surface area (TPSA) is 74.5 Å². The Hall–Kier alpha value is -4.22. The average Bonchev–Trinajstić information content (AvgIpc) is 3.33. The summed E-state index contributed by atoms with van der Waals surface area (Å²) in [7, 11) is -1.90. The number of para-hydroxylation sites is 1. The number of benzene rings is 3. The van der Waals surface area contributed by atoms with Gasteiger partial charge >= 0.3 is 0 Å². The lowest BCUT2D eigenvalue weighted by atomic mass is 10.1. The molecule has 0 aliphatic heterocycles. The Morgan fingerprint density at radius 1 is 1.05 bits per heavy atom. The first-order valence-corrected chi connectivity index (χ1v) is 13.5. The third-order valence-corrected chi connectivity index (χ3v) is 7.04.